The van der Waals surface area contributed by atoms with Gasteiger partial charge in [-0.05, 0) is 31.1 Å². The fourth-order valence-corrected chi connectivity index (χ4v) is 2.67. The van der Waals surface area contributed by atoms with Crippen molar-refractivity contribution < 1.29 is 9.13 Å². The predicted molar refractivity (Wildman–Crippen MR) is 89.1 cm³/mol. The van der Waals surface area contributed by atoms with E-state index in [0.717, 1.165) is 0 Å². The van der Waals surface area contributed by atoms with Crippen molar-refractivity contribution in [1.82, 2.24) is 9.97 Å². The second-order valence-corrected chi connectivity index (χ2v) is 6.47. The molecule has 0 unspecified atom stereocenters. The highest BCUT2D eigenvalue weighted by Crippen LogP contribution is 2.29. The minimum Gasteiger partial charge on any atom is -0.376 e. The first kappa shape index (κ1) is 16.7. The van der Waals surface area contributed by atoms with E-state index in [1.807, 2.05) is 6.07 Å². The van der Waals surface area contributed by atoms with Gasteiger partial charge in [0.25, 0.3) is 5.56 Å². The minimum atomic E-state index is -0.524. The molecule has 124 valence electrons. The number of H-pyrrole nitrogens is 1. The van der Waals surface area contributed by atoms with Crippen LogP contribution in [0.15, 0.2) is 28.2 Å². The van der Waals surface area contributed by atoms with Crippen molar-refractivity contribution in [2.45, 2.75) is 24.6 Å². The summed E-state index contributed by atoms with van der Waals surface area (Å²) in [5.74, 6) is 0.190. The van der Waals surface area contributed by atoms with E-state index in [4.69, 9.17) is 4.74 Å². The van der Waals surface area contributed by atoms with Crippen LogP contribution in [0, 0.1) is 23.1 Å². The van der Waals surface area contributed by atoms with Crippen LogP contribution in [0.2, 0.25) is 0 Å². The maximum absolute atomic E-state index is 14.3. The van der Waals surface area contributed by atoms with E-state index in [2.05, 4.69) is 9.97 Å². The quantitative estimate of drug-likeness (QED) is 0.643. The highest BCUT2D eigenvalue weighted by Gasteiger charge is 2.21. The van der Waals surface area contributed by atoms with Crippen molar-refractivity contribution in [2.24, 2.45) is 5.92 Å². The number of benzene rings is 1. The van der Waals surface area contributed by atoms with Crippen molar-refractivity contribution in [2.75, 3.05) is 12.9 Å². The molecule has 0 saturated heterocycles. The zero-order valence-corrected chi connectivity index (χ0v) is 14.0. The summed E-state index contributed by atoms with van der Waals surface area (Å²) in [6.45, 7) is 0.874. The molecule has 1 heterocycles. The number of hydrogen-bond acceptors (Lipinski definition) is 5. The Morgan fingerprint density at radius 1 is 1.50 bits per heavy atom. The van der Waals surface area contributed by atoms with Crippen LogP contribution in [0.3, 0.4) is 0 Å². The van der Waals surface area contributed by atoms with Gasteiger partial charge in [0, 0.05) is 17.7 Å². The van der Waals surface area contributed by atoms with Gasteiger partial charge >= 0.3 is 0 Å². The highest BCUT2D eigenvalue weighted by atomic mass is 32.2. The molecule has 5 nitrogen and oxygen atoms in total. The zero-order valence-electron chi connectivity index (χ0n) is 13.1. The summed E-state index contributed by atoms with van der Waals surface area (Å²) >= 11 is 1.25. The Morgan fingerprint density at radius 3 is 2.92 bits per heavy atom. The van der Waals surface area contributed by atoms with Crippen molar-refractivity contribution in [3.63, 3.8) is 0 Å². The van der Waals surface area contributed by atoms with Gasteiger partial charge in [-0.3, -0.25) is 4.79 Å². The molecular weight excluding hydrogens is 329 g/mol. The number of ether oxygens (including phenoxy) is 1. The van der Waals surface area contributed by atoms with Gasteiger partial charge in [-0.1, -0.05) is 23.9 Å². The number of rotatable bonds is 6. The van der Waals surface area contributed by atoms with E-state index in [0.29, 0.717) is 28.8 Å². The third kappa shape index (κ3) is 3.66. The Kier molecular flexibility index (Phi) is 4.97. The van der Waals surface area contributed by atoms with E-state index >= 15 is 0 Å². The molecule has 1 aromatic heterocycles. The molecular formula is C17H16FN3O2S. The van der Waals surface area contributed by atoms with Crippen molar-refractivity contribution in [1.29, 1.82) is 5.26 Å². The van der Waals surface area contributed by atoms with Crippen molar-refractivity contribution in [3.8, 4) is 17.3 Å². The molecule has 0 radical (unpaired) electrons. The van der Waals surface area contributed by atoms with Crippen LogP contribution in [0.5, 0.6) is 0 Å². The molecule has 0 amide bonds. The van der Waals surface area contributed by atoms with Crippen molar-refractivity contribution >= 4 is 11.8 Å². The highest BCUT2D eigenvalue weighted by molar-refractivity contribution is 7.98. The molecule has 24 heavy (non-hydrogen) atoms. The first-order chi connectivity index (χ1) is 11.6. The molecule has 7 heteroatoms. The average Bonchev–Trinajstić information content (AvgIpc) is 3.39. The second kappa shape index (κ2) is 7.16. The molecule has 0 spiro atoms. The third-order valence-electron chi connectivity index (χ3n) is 3.84. The molecule has 0 bridgehead atoms. The third-order valence-corrected chi connectivity index (χ3v) is 4.42. The Balaban J connectivity index is 1.89. The first-order valence-electron chi connectivity index (χ1n) is 7.57. The van der Waals surface area contributed by atoms with Gasteiger partial charge in [-0.2, -0.15) is 5.26 Å². The monoisotopic (exact) mass is 345 g/mol. The van der Waals surface area contributed by atoms with Gasteiger partial charge in [0.05, 0.1) is 12.3 Å². The molecule has 2 aromatic rings. The van der Waals surface area contributed by atoms with E-state index in [1.54, 1.807) is 18.4 Å². The van der Waals surface area contributed by atoms with Gasteiger partial charge in [-0.25, -0.2) is 9.37 Å². The lowest BCUT2D eigenvalue weighted by Gasteiger charge is -2.08. The lowest BCUT2D eigenvalue weighted by Crippen LogP contribution is -2.14. The molecule has 1 saturated carbocycles. The molecule has 3 rings (SSSR count). The number of aromatic amines is 1. The van der Waals surface area contributed by atoms with Gasteiger partial charge in [0.2, 0.25) is 0 Å². The molecule has 0 aliphatic heterocycles. The van der Waals surface area contributed by atoms with E-state index in [1.165, 1.54) is 30.7 Å². The molecule has 1 aromatic carbocycles. The Bertz CT molecular complexity index is 856. The summed E-state index contributed by atoms with van der Waals surface area (Å²) in [6.07, 6.45) is 4.13. The molecule has 1 aliphatic carbocycles. The topological polar surface area (TPSA) is 78.8 Å². The number of halogens is 1. The number of thioether (sulfide) groups is 1. The van der Waals surface area contributed by atoms with Crippen LogP contribution < -0.4 is 5.56 Å². The zero-order chi connectivity index (χ0) is 17.1. The normalized spacial score (nSPS) is 13.7. The van der Waals surface area contributed by atoms with Crippen LogP contribution in [0.1, 0.15) is 24.0 Å². The van der Waals surface area contributed by atoms with Crippen LogP contribution in [-0.2, 0) is 11.3 Å². The SMILES string of the molecule is CSc1nc(-c2ccc(COCC3CC3)c(F)c2)c(C#N)c(=O)[nH]1. The lowest BCUT2D eigenvalue weighted by atomic mass is 10.1. The van der Waals surface area contributed by atoms with E-state index in [-0.39, 0.29) is 17.9 Å². The molecule has 1 fully saturated rings. The number of nitrogens with zero attached hydrogens (tertiary/aromatic N) is 2. The van der Waals surface area contributed by atoms with Crippen LogP contribution in [-0.4, -0.2) is 22.8 Å². The summed E-state index contributed by atoms with van der Waals surface area (Å²) in [4.78, 5) is 18.7. The van der Waals surface area contributed by atoms with Gasteiger partial charge in [0.1, 0.15) is 17.4 Å². The molecule has 0 atom stereocenters. The Morgan fingerprint density at radius 2 is 2.29 bits per heavy atom. The summed E-state index contributed by atoms with van der Waals surface area (Å²) in [6, 6.07) is 6.40. The molecule has 1 aliphatic rings. The van der Waals surface area contributed by atoms with Crippen molar-refractivity contribution in [3.05, 3.63) is 45.5 Å². The smallest absolute Gasteiger partial charge is 0.270 e. The minimum absolute atomic E-state index is 0.120. The summed E-state index contributed by atoms with van der Waals surface area (Å²) in [7, 11) is 0. The summed E-state index contributed by atoms with van der Waals surface area (Å²) < 4.78 is 19.8. The van der Waals surface area contributed by atoms with Crippen LogP contribution >= 0.6 is 11.8 Å². The number of nitrogens with one attached hydrogen (secondary N) is 1. The lowest BCUT2D eigenvalue weighted by molar-refractivity contribution is 0.109. The van der Waals surface area contributed by atoms with Gasteiger partial charge in [0.15, 0.2) is 5.16 Å². The second-order valence-electron chi connectivity index (χ2n) is 5.68. The van der Waals surface area contributed by atoms with E-state index < -0.39 is 11.4 Å². The number of hydrogen-bond donors (Lipinski definition) is 1. The Labute approximate surface area is 142 Å². The van der Waals surface area contributed by atoms with Gasteiger partial charge in [-0.15, -0.1) is 0 Å². The maximum atomic E-state index is 14.3. The average molecular weight is 345 g/mol. The maximum Gasteiger partial charge on any atom is 0.270 e. The predicted octanol–water partition coefficient (Wildman–Crippen LogP) is 3.10. The Hall–Kier alpha value is -2.17. The standard InChI is InChI=1S/C17H16FN3O2S/c1-24-17-20-15(13(7-19)16(22)21-17)11-4-5-12(14(18)6-11)9-23-8-10-2-3-10/h4-6,10H,2-3,8-9H2,1H3,(H,20,21,22). The van der Waals surface area contributed by atoms with Crippen LogP contribution in [0.4, 0.5) is 4.39 Å². The summed E-state index contributed by atoms with van der Waals surface area (Å²) in [5, 5.41) is 9.57. The molecule has 1 N–H and O–H groups in total. The summed E-state index contributed by atoms with van der Waals surface area (Å²) in [5.41, 5.74) is 0.396. The fourth-order valence-electron chi connectivity index (χ4n) is 2.29. The van der Waals surface area contributed by atoms with Crippen LogP contribution in [0.25, 0.3) is 11.3 Å². The van der Waals surface area contributed by atoms with E-state index in [9.17, 15) is 14.4 Å². The number of aromatic nitrogens is 2. The largest absolute Gasteiger partial charge is 0.376 e. The first-order valence-corrected chi connectivity index (χ1v) is 8.79. The number of nitriles is 1. The fraction of sp³-hybridized carbons (Fsp3) is 0.353. The van der Waals surface area contributed by atoms with Gasteiger partial charge < -0.3 is 9.72 Å².